The first kappa shape index (κ1) is 28.2. The third kappa shape index (κ3) is 8.65. The normalized spacial score (nSPS) is 12.8. The maximum absolute atomic E-state index is 13.3. The van der Waals surface area contributed by atoms with E-state index in [1.54, 1.807) is 27.0 Å². The number of H-pyrrole nitrogens is 1. The molecule has 0 saturated heterocycles. The van der Waals surface area contributed by atoms with Crippen LogP contribution in [0, 0.1) is 0 Å². The maximum Gasteiger partial charge on any atom is 0.408 e. The number of benzene rings is 2. The number of ether oxygens (including phenoxy) is 2. The summed E-state index contributed by atoms with van der Waals surface area (Å²) < 4.78 is 10.6. The van der Waals surface area contributed by atoms with Crippen molar-refractivity contribution < 1.29 is 28.7 Å². The molecule has 38 heavy (non-hydrogen) atoms. The third-order valence-corrected chi connectivity index (χ3v) is 5.65. The van der Waals surface area contributed by atoms with Gasteiger partial charge in [-0.3, -0.25) is 14.4 Å². The van der Waals surface area contributed by atoms with Crippen LogP contribution in [0.5, 0.6) is 0 Å². The van der Waals surface area contributed by atoms with Crippen molar-refractivity contribution in [3.8, 4) is 0 Å². The Hall–Kier alpha value is -4.34. The number of aromatic amines is 1. The molecule has 0 aliphatic carbocycles. The van der Waals surface area contributed by atoms with Crippen molar-refractivity contribution in [3.05, 3.63) is 71.9 Å². The molecule has 1 aromatic heterocycles. The van der Waals surface area contributed by atoms with Gasteiger partial charge in [0.05, 0.1) is 0 Å². The lowest BCUT2D eigenvalue weighted by molar-refractivity contribution is -0.145. The predicted molar refractivity (Wildman–Crippen MR) is 142 cm³/mol. The van der Waals surface area contributed by atoms with E-state index in [1.165, 1.54) is 0 Å². The number of esters is 1. The summed E-state index contributed by atoms with van der Waals surface area (Å²) in [6, 6.07) is 14.5. The Morgan fingerprint density at radius 3 is 2.32 bits per heavy atom. The van der Waals surface area contributed by atoms with Crippen LogP contribution in [0.3, 0.4) is 0 Å². The van der Waals surface area contributed by atoms with Crippen LogP contribution in [0.1, 0.15) is 44.7 Å². The Labute approximate surface area is 221 Å². The first-order valence-electron chi connectivity index (χ1n) is 12.4. The molecular weight excluding hydrogens is 488 g/mol. The van der Waals surface area contributed by atoms with E-state index < -0.39 is 41.6 Å². The molecule has 0 radical (unpaired) electrons. The van der Waals surface area contributed by atoms with E-state index in [2.05, 4.69) is 15.6 Å². The number of primary amides is 1. The van der Waals surface area contributed by atoms with Crippen molar-refractivity contribution >= 4 is 34.8 Å². The molecule has 0 aliphatic heterocycles. The fourth-order valence-corrected chi connectivity index (χ4v) is 3.81. The summed E-state index contributed by atoms with van der Waals surface area (Å²) in [7, 11) is 0. The number of carbonyl (C=O) groups is 4. The molecule has 3 rings (SSSR count). The monoisotopic (exact) mass is 522 g/mol. The van der Waals surface area contributed by atoms with Crippen LogP contribution in [-0.2, 0) is 36.9 Å². The third-order valence-electron chi connectivity index (χ3n) is 5.65. The molecule has 0 fully saturated rings. The van der Waals surface area contributed by atoms with Crippen molar-refractivity contribution in [2.45, 2.75) is 64.3 Å². The molecule has 0 saturated carbocycles. The molecule has 0 bridgehead atoms. The Morgan fingerprint density at radius 2 is 1.63 bits per heavy atom. The number of fused-ring (bicyclic) bond motifs is 1. The smallest absolute Gasteiger partial charge is 0.408 e. The van der Waals surface area contributed by atoms with Crippen LogP contribution < -0.4 is 16.4 Å². The zero-order chi connectivity index (χ0) is 27.7. The maximum atomic E-state index is 13.3. The van der Waals surface area contributed by atoms with E-state index in [9.17, 15) is 19.2 Å². The number of alkyl carbamates (subject to hydrolysis) is 1. The zero-order valence-corrected chi connectivity index (χ0v) is 21.8. The SMILES string of the molecule is CC(C)(C)OC(=O)N[C@@H](Cc1c[nH]c2ccccc12)C(=O)N[C@H](CCC(=O)OCc1ccccc1)C(N)=O. The van der Waals surface area contributed by atoms with Crippen molar-refractivity contribution in [1.29, 1.82) is 0 Å². The van der Waals surface area contributed by atoms with Gasteiger partial charge in [-0.05, 0) is 44.4 Å². The Morgan fingerprint density at radius 1 is 0.947 bits per heavy atom. The van der Waals surface area contributed by atoms with E-state index in [1.807, 2.05) is 54.6 Å². The quantitative estimate of drug-likeness (QED) is 0.284. The number of amides is 3. The zero-order valence-electron chi connectivity index (χ0n) is 21.8. The number of aromatic nitrogens is 1. The van der Waals surface area contributed by atoms with Crippen LogP contribution in [0.2, 0.25) is 0 Å². The number of rotatable bonds is 11. The van der Waals surface area contributed by atoms with E-state index in [0.717, 1.165) is 22.0 Å². The summed E-state index contributed by atoms with van der Waals surface area (Å²) in [6.45, 7) is 5.23. The van der Waals surface area contributed by atoms with Gasteiger partial charge in [0, 0.05) is 29.9 Å². The van der Waals surface area contributed by atoms with Gasteiger partial charge in [0.1, 0.15) is 24.3 Å². The first-order valence-corrected chi connectivity index (χ1v) is 12.4. The summed E-state index contributed by atoms with van der Waals surface area (Å²) in [5.74, 6) is -1.98. The Balaban J connectivity index is 1.66. The number of para-hydroxylation sites is 1. The molecule has 0 aliphatic rings. The Bertz CT molecular complexity index is 1270. The second kappa shape index (κ2) is 12.8. The lowest BCUT2D eigenvalue weighted by Crippen LogP contribution is -2.54. The molecular formula is C28H34N4O6. The van der Waals surface area contributed by atoms with Crippen LogP contribution in [-0.4, -0.2) is 46.5 Å². The molecule has 0 spiro atoms. The standard InChI is InChI=1S/C28H34N4O6/c1-28(2,3)38-27(36)32-23(15-19-16-30-21-12-8-7-11-20(19)21)26(35)31-22(25(29)34)13-14-24(33)37-17-18-9-5-4-6-10-18/h4-12,16,22-23,30H,13-15,17H2,1-3H3,(H2,29,34)(H,31,35)(H,32,36)/t22-,23+/m1/s1. The van der Waals surface area contributed by atoms with Gasteiger partial charge in [-0.15, -0.1) is 0 Å². The Kier molecular flexibility index (Phi) is 9.48. The summed E-state index contributed by atoms with van der Waals surface area (Å²) in [4.78, 5) is 53.2. The molecule has 202 valence electrons. The minimum atomic E-state index is -1.14. The second-order valence-corrected chi connectivity index (χ2v) is 9.91. The first-order chi connectivity index (χ1) is 18.0. The summed E-state index contributed by atoms with van der Waals surface area (Å²) >= 11 is 0. The number of hydrogen-bond donors (Lipinski definition) is 4. The highest BCUT2D eigenvalue weighted by Gasteiger charge is 2.29. The fraction of sp³-hybridized carbons (Fsp3) is 0.357. The van der Waals surface area contributed by atoms with E-state index in [0.29, 0.717) is 0 Å². The largest absolute Gasteiger partial charge is 0.461 e. The lowest BCUT2D eigenvalue weighted by Gasteiger charge is -2.24. The lowest BCUT2D eigenvalue weighted by atomic mass is 10.0. The molecule has 5 N–H and O–H groups in total. The van der Waals surface area contributed by atoms with Gasteiger partial charge in [-0.2, -0.15) is 0 Å². The minimum absolute atomic E-state index is 0.0546. The van der Waals surface area contributed by atoms with E-state index >= 15 is 0 Å². The van der Waals surface area contributed by atoms with Crippen molar-refractivity contribution in [2.75, 3.05) is 0 Å². The van der Waals surface area contributed by atoms with Gasteiger partial charge in [0.15, 0.2) is 0 Å². The molecule has 2 aromatic carbocycles. The fourth-order valence-electron chi connectivity index (χ4n) is 3.81. The summed E-state index contributed by atoms with van der Waals surface area (Å²) in [6.07, 6.45) is 0.918. The summed E-state index contributed by atoms with van der Waals surface area (Å²) in [5, 5.41) is 6.06. The number of nitrogens with two attached hydrogens (primary N) is 1. The second-order valence-electron chi connectivity index (χ2n) is 9.91. The van der Waals surface area contributed by atoms with Gasteiger partial charge in [-0.25, -0.2) is 4.79 Å². The number of hydrogen-bond acceptors (Lipinski definition) is 6. The van der Waals surface area contributed by atoms with Crippen LogP contribution >= 0.6 is 0 Å². The predicted octanol–water partition coefficient (Wildman–Crippen LogP) is 3.10. The highest BCUT2D eigenvalue weighted by Crippen LogP contribution is 2.19. The van der Waals surface area contributed by atoms with Gasteiger partial charge < -0.3 is 30.8 Å². The van der Waals surface area contributed by atoms with Gasteiger partial charge >= 0.3 is 12.1 Å². The topological polar surface area (TPSA) is 153 Å². The molecule has 10 nitrogen and oxygen atoms in total. The van der Waals surface area contributed by atoms with E-state index in [4.69, 9.17) is 15.2 Å². The molecule has 10 heteroatoms. The summed E-state index contributed by atoms with van der Waals surface area (Å²) in [5.41, 5.74) is 7.23. The van der Waals surface area contributed by atoms with Gasteiger partial charge in [0.2, 0.25) is 11.8 Å². The molecule has 3 amide bonds. The minimum Gasteiger partial charge on any atom is -0.461 e. The van der Waals surface area contributed by atoms with Crippen molar-refractivity contribution in [2.24, 2.45) is 5.73 Å². The van der Waals surface area contributed by atoms with Crippen LogP contribution in [0.4, 0.5) is 4.79 Å². The highest BCUT2D eigenvalue weighted by molar-refractivity contribution is 5.92. The van der Waals surface area contributed by atoms with Crippen molar-refractivity contribution in [1.82, 2.24) is 15.6 Å². The number of carbonyl (C=O) groups excluding carboxylic acids is 4. The van der Waals surface area contributed by atoms with Crippen LogP contribution in [0.25, 0.3) is 10.9 Å². The number of nitrogens with one attached hydrogen (secondary N) is 3. The van der Waals surface area contributed by atoms with Crippen LogP contribution in [0.15, 0.2) is 60.8 Å². The van der Waals surface area contributed by atoms with E-state index in [-0.39, 0.29) is 25.9 Å². The average Bonchev–Trinajstić information content (AvgIpc) is 3.27. The van der Waals surface area contributed by atoms with Gasteiger partial charge in [0.25, 0.3) is 0 Å². The van der Waals surface area contributed by atoms with Crippen molar-refractivity contribution in [3.63, 3.8) is 0 Å². The molecule has 2 atom stereocenters. The average molecular weight is 523 g/mol. The molecule has 0 unspecified atom stereocenters. The molecule has 3 aromatic rings. The highest BCUT2D eigenvalue weighted by atomic mass is 16.6. The molecule has 1 heterocycles. The van der Waals surface area contributed by atoms with Gasteiger partial charge in [-0.1, -0.05) is 48.5 Å².